The fourth-order valence-electron chi connectivity index (χ4n) is 1.59. The summed E-state index contributed by atoms with van der Waals surface area (Å²) in [6.07, 6.45) is 1.87. The van der Waals surface area contributed by atoms with Crippen LogP contribution in [-0.2, 0) is 5.41 Å². The van der Waals surface area contributed by atoms with Crippen molar-refractivity contribution in [2.45, 2.75) is 40.0 Å². The maximum Gasteiger partial charge on any atom is 0.0687 e. The molecule has 2 rings (SSSR count). The third-order valence-electron chi connectivity index (χ3n) is 2.28. The summed E-state index contributed by atoms with van der Waals surface area (Å²) in [4.78, 5) is 0. The molecule has 0 fully saturated rings. The molecule has 0 aliphatic heterocycles. The van der Waals surface area contributed by atoms with Gasteiger partial charge >= 0.3 is 0 Å². The molecule has 0 radical (unpaired) electrons. The van der Waals surface area contributed by atoms with E-state index in [0.29, 0.717) is 0 Å². The summed E-state index contributed by atoms with van der Waals surface area (Å²) in [7, 11) is 0. The molecule has 0 atom stereocenters. The Morgan fingerprint density at radius 1 is 1.13 bits per heavy atom. The second-order valence-corrected chi connectivity index (χ2v) is 4.39. The molecular weight excluding hydrogens is 184 g/mol. The van der Waals surface area contributed by atoms with Crippen molar-refractivity contribution < 1.29 is 0 Å². The van der Waals surface area contributed by atoms with Gasteiger partial charge < -0.3 is 0 Å². The number of nitrogens with zero attached hydrogens (tertiary/aromatic N) is 1. The van der Waals surface area contributed by atoms with Crippen LogP contribution < -0.4 is 0 Å². The minimum atomic E-state index is 0.173. The summed E-state index contributed by atoms with van der Waals surface area (Å²) in [6, 6.07) is 6.31. The number of hydrogen-bond donors (Lipinski definition) is 1. The van der Waals surface area contributed by atoms with Gasteiger partial charge in [0.15, 0.2) is 0 Å². The Bertz CT molecular complexity index is 421. The fourth-order valence-corrected chi connectivity index (χ4v) is 1.59. The Hall–Kier alpha value is -1.31. The van der Waals surface area contributed by atoms with Crippen LogP contribution in [-0.4, -0.2) is 10.2 Å². The first kappa shape index (κ1) is 11.8. The fraction of sp³-hybridized carbons (Fsp3) is 0.462. The molecule has 1 heterocycles. The number of nitrogens with one attached hydrogen (secondary N) is 1. The predicted molar refractivity (Wildman–Crippen MR) is 66.1 cm³/mol. The van der Waals surface area contributed by atoms with Crippen LogP contribution in [0.5, 0.6) is 0 Å². The molecule has 1 aromatic heterocycles. The number of para-hydroxylation sites is 1. The van der Waals surface area contributed by atoms with Gasteiger partial charge in [0.05, 0.1) is 11.7 Å². The summed E-state index contributed by atoms with van der Waals surface area (Å²) in [6.45, 7) is 10.6. The third-order valence-corrected chi connectivity index (χ3v) is 2.28. The second-order valence-electron chi connectivity index (χ2n) is 4.39. The highest BCUT2D eigenvalue weighted by Gasteiger charge is 2.16. The zero-order chi connectivity index (χ0) is 11.5. The van der Waals surface area contributed by atoms with E-state index in [0.717, 1.165) is 5.52 Å². The molecule has 2 nitrogen and oxygen atoms in total. The highest BCUT2D eigenvalue weighted by molar-refractivity contribution is 5.82. The molecule has 82 valence electrons. The van der Waals surface area contributed by atoms with Gasteiger partial charge in [-0.3, -0.25) is 5.10 Å². The zero-order valence-electron chi connectivity index (χ0n) is 10.3. The Morgan fingerprint density at radius 2 is 1.80 bits per heavy atom. The van der Waals surface area contributed by atoms with Gasteiger partial charge in [0.25, 0.3) is 0 Å². The van der Waals surface area contributed by atoms with Crippen molar-refractivity contribution in [3.63, 3.8) is 0 Å². The van der Waals surface area contributed by atoms with Crippen LogP contribution in [0.1, 0.15) is 40.2 Å². The van der Waals surface area contributed by atoms with E-state index in [2.05, 4.69) is 49.2 Å². The van der Waals surface area contributed by atoms with E-state index < -0.39 is 0 Å². The molecule has 0 aliphatic rings. The maximum atomic E-state index is 4.05. The van der Waals surface area contributed by atoms with Crippen molar-refractivity contribution in [1.82, 2.24) is 10.2 Å². The zero-order valence-corrected chi connectivity index (χ0v) is 10.3. The average molecular weight is 204 g/mol. The van der Waals surface area contributed by atoms with Crippen molar-refractivity contribution in [2.24, 2.45) is 0 Å². The van der Waals surface area contributed by atoms with Crippen LogP contribution in [0.15, 0.2) is 24.4 Å². The Labute approximate surface area is 91.7 Å². The van der Waals surface area contributed by atoms with Gasteiger partial charge in [-0.1, -0.05) is 52.8 Å². The quantitative estimate of drug-likeness (QED) is 0.693. The topological polar surface area (TPSA) is 28.7 Å². The van der Waals surface area contributed by atoms with Crippen LogP contribution in [0.2, 0.25) is 0 Å². The van der Waals surface area contributed by atoms with Crippen molar-refractivity contribution >= 4 is 10.9 Å². The van der Waals surface area contributed by atoms with Gasteiger partial charge in [0.1, 0.15) is 0 Å². The van der Waals surface area contributed by atoms with Gasteiger partial charge in [-0.05, 0) is 11.0 Å². The molecule has 0 saturated heterocycles. The lowest BCUT2D eigenvalue weighted by Crippen LogP contribution is -2.11. The van der Waals surface area contributed by atoms with E-state index >= 15 is 0 Å². The minimum Gasteiger partial charge on any atom is -0.278 e. The van der Waals surface area contributed by atoms with Crippen LogP contribution >= 0.6 is 0 Å². The van der Waals surface area contributed by atoms with E-state index in [1.54, 1.807) is 0 Å². The number of benzene rings is 1. The standard InChI is InChI=1S/C11H14N2.C2H6/c1-11(2,3)9-6-4-5-8-7-12-13-10(8)9;1-2/h4-7H,1-3H3,(H,12,13);1-2H3. The van der Waals surface area contributed by atoms with E-state index in [-0.39, 0.29) is 5.41 Å². The maximum absolute atomic E-state index is 4.05. The van der Waals surface area contributed by atoms with Gasteiger partial charge in [-0.25, -0.2) is 0 Å². The molecule has 1 N–H and O–H groups in total. The monoisotopic (exact) mass is 204 g/mol. The van der Waals surface area contributed by atoms with Gasteiger partial charge in [0, 0.05) is 5.39 Å². The molecule has 15 heavy (non-hydrogen) atoms. The largest absolute Gasteiger partial charge is 0.278 e. The Kier molecular flexibility index (Phi) is 3.51. The lowest BCUT2D eigenvalue weighted by molar-refractivity contribution is 0.594. The van der Waals surface area contributed by atoms with Gasteiger partial charge in [0.2, 0.25) is 0 Å². The SMILES string of the molecule is CC.CC(C)(C)c1cccc2cn[nH]c12. The molecule has 0 spiro atoms. The first-order valence-corrected chi connectivity index (χ1v) is 5.51. The molecule has 0 unspecified atom stereocenters. The number of fused-ring (bicyclic) bond motifs is 1. The number of hydrogen-bond acceptors (Lipinski definition) is 1. The lowest BCUT2D eigenvalue weighted by atomic mass is 9.86. The molecule has 0 amide bonds. The van der Waals surface area contributed by atoms with Crippen molar-refractivity contribution in [3.8, 4) is 0 Å². The van der Waals surface area contributed by atoms with Crippen molar-refractivity contribution in [3.05, 3.63) is 30.0 Å². The molecule has 2 aromatic rings. The second kappa shape index (κ2) is 4.47. The van der Waals surface area contributed by atoms with Crippen LogP contribution in [0, 0.1) is 0 Å². The Morgan fingerprint density at radius 3 is 2.40 bits per heavy atom. The number of aromatic nitrogens is 2. The molecule has 2 heteroatoms. The average Bonchev–Trinajstić information content (AvgIpc) is 2.66. The number of H-pyrrole nitrogens is 1. The van der Waals surface area contributed by atoms with E-state index in [1.165, 1.54) is 10.9 Å². The minimum absolute atomic E-state index is 0.173. The first-order chi connectivity index (χ1) is 7.09. The smallest absolute Gasteiger partial charge is 0.0687 e. The van der Waals surface area contributed by atoms with Crippen LogP contribution in [0.3, 0.4) is 0 Å². The molecule has 0 saturated carbocycles. The molecule has 0 bridgehead atoms. The number of rotatable bonds is 0. The van der Waals surface area contributed by atoms with Crippen molar-refractivity contribution in [2.75, 3.05) is 0 Å². The lowest BCUT2D eigenvalue weighted by Gasteiger charge is -2.19. The van der Waals surface area contributed by atoms with Crippen molar-refractivity contribution in [1.29, 1.82) is 0 Å². The third kappa shape index (κ3) is 2.38. The molecule has 0 aliphatic carbocycles. The number of aromatic amines is 1. The summed E-state index contributed by atoms with van der Waals surface area (Å²) in [5.74, 6) is 0. The highest BCUT2D eigenvalue weighted by Crippen LogP contribution is 2.27. The first-order valence-electron chi connectivity index (χ1n) is 5.51. The predicted octanol–water partition coefficient (Wildman–Crippen LogP) is 3.89. The highest BCUT2D eigenvalue weighted by atomic mass is 15.1. The van der Waals surface area contributed by atoms with Crippen LogP contribution in [0.4, 0.5) is 0 Å². The normalized spacial score (nSPS) is 11.0. The Balaban J connectivity index is 0.000000531. The van der Waals surface area contributed by atoms with Gasteiger partial charge in [-0.2, -0.15) is 5.10 Å². The van der Waals surface area contributed by atoms with E-state index in [9.17, 15) is 0 Å². The van der Waals surface area contributed by atoms with E-state index in [4.69, 9.17) is 0 Å². The molecular formula is C13H20N2. The van der Waals surface area contributed by atoms with E-state index in [1.807, 2.05) is 20.0 Å². The van der Waals surface area contributed by atoms with Crippen LogP contribution in [0.25, 0.3) is 10.9 Å². The summed E-state index contributed by atoms with van der Waals surface area (Å²) < 4.78 is 0. The summed E-state index contributed by atoms with van der Waals surface area (Å²) >= 11 is 0. The van der Waals surface area contributed by atoms with Gasteiger partial charge in [-0.15, -0.1) is 0 Å². The molecule has 1 aromatic carbocycles. The summed E-state index contributed by atoms with van der Waals surface area (Å²) in [5.41, 5.74) is 2.66. The summed E-state index contributed by atoms with van der Waals surface area (Å²) in [5, 5.41) is 8.28.